The van der Waals surface area contributed by atoms with Crippen molar-refractivity contribution in [1.29, 1.82) is 0 Å². The van der Waals surface area contributed by atoms with Gasteiger partial charge in [0, 0.05) is 5.02 Å². The van der Waals surface area contributed by atoms with Gasteiger partial charge in [0.15, 0.2) is 5.85 Å². The molecule has 5 heteroatoms. The van der Waals surface area contributed by atoms with Crippen LogP contribution in [0.3, 0.4) is 0 Å². The summed E-state index contributed by atoms with van der Waals surface area (Å²) in [4.78, 5) is 0. The normalized spacial score (nSPS) is 12.0. The third kappa shape index (κ3) is 4.48. The lowest BCUT2D eigenvalue weighted by Gasteiger charge is -2.23. The van der Waals surface area contributed by atoms with Crippen LogP contribution in [0.2, 0.25) is 5.02 Å². The van der Waals surface area contributed by atoms with Gasteiger partial charge < -0.3 is 14.2 Å². The highest BCUT2D eigenvalue weighted by Crippen LogP contribution is 2.51. The van der Waals surface area contributed by atoms with Crippen LogP contribution < -0.4 is 9.05 Å². The zero-order valence-corrected chi connectivity index (χ0v) is 14.4. The van der Waals surface area contributed by atoms with Crippen molar-refractivity contribution < 1.29 is 14.2 Å². The third-order valence-electron chi connectivity index (χ3n) is 3.22. The lowest BCUT2D eigenvalue weighted by molar-refractivity contribution is 0.237. The molecule has 1 N–H and O–H groups in total. The molecule has 0 saturated heterocycles. The van der Waals surface area contributed by atoms with E-state index in [2.05, 4.69) is 0 Å². The molecule has 0 aromatic heterocycles. The summed E-state index contributed by atoms with van der Waals surface area (Å²) in [6, 6.07) is 25.7. The fraction of sp³-hybridized carbons (Fsp3) is 0.0526. The Kier molecular flexibility index (Phi) is 5.71. The first-order chi connectivity index (χ1) is 11.7. The monoisotopic (exact) mass is 358 g/mol. The number of hydrogen-bond acceptors (Lipinski definition) is 3. The van der Waals surface area contributed by atoms with E-state index >= 15 is 0 Å². The van der Waals surface area contributed by atoms with Gasteiger partial charge in [0.25, 0.3) is 0 Å². The maximum atomic E-state index is 10.7. The molecule has 24 heavy (non-hydrogen) atoms. The molecule has 1 unspecified atom stereocenters. The molecule has 122 valence electrons. The van der Waals surface area contributed by atoms with Crippen LogP contribution in [-0.4, -0.2) is 5.11 Å². The largest absolute Gasteiger partial charge is 0.437 e. The van der Waals surface area contributed by atoms with E-state index in [1.54, 1.807) is 24.3 Å². The summed E-state index contributed by atoms with van der Waals surface area (Å²) < 4.78 is 11.8. The van der Waals surface area contributed by atoms with Gasteiger partial charge in [-0.15, -0.1) is 0 Å². The number of halogens is 1. The molecule has 3 nitrogen and oxygen atoms in total. The molecule has 0 spiro atoms. The first-order valence-corrected chi connectivity index (χ1v) is 9.03. The van der Waals surface area contributed by atoms with Crippen molar-refractivity contribution in [3.8, 4) is 11.5 Å². The van der Waals surface area contributed by atoms with Gasteiger partial charge in [-0.25, -0.2) is 0 Å². The zero-order chi connectivity index (χ0) is 16.8. The molecular formula is C19H16ClO3P. The Bertz CT molecular complexity index is 726. The van der Waals surface area contributed by atoms with Gasteiger partial charge in [0.1, 0.15) is 11.5 Å². The zero-order valence-electron chi connectivity index (χ0n) is 12.7. The van der Waals surface area contributed by atoms with Gasteiger partial charge >= 0.3 is 8.38 Å². The number of hydrogen-bond donors (Lipinski definition) is 1. The van der Waals surface area contributed by atoms with Gasteiger partial charge in [-0.2, -0.15) is 0 Å². The highest BCUT2D eigenvalue weighted by Gasteiger charge is 2.27. The van der Waals surface area contributed by atoms with Gasteiger partial charge in [-0.3, -0.25) is 0 Å². The van der Waals surface area contributed by atoms with E-state index in [-0.39, 0.29) is 0 Å². The molecule has 3 aromatic rings. The molecule has 0 amide bonds. The van der Waals surface area contributed by atoms with Gasteiger partial charge in [0.05, 0.1) is 0 Å². The number of rotatable bonds is 6. The Balaban J connectivity index is 1.85. The molecular weight excluding hydrogens is 343 g/mol. The maximum Gasteiger partial charge on any atom is 0.326 e. The molecule has 0 aliphatic carbocycles. The molecule has 3 aromatic carbocycles. The van der Waals surface area contributed by atoms with E-state index in [1.807, 2.05) is 60.7 Å². The van der Waals surface area contributed by atoms with Crippen LogP contribution in [0.15, 0.2) is 84.9 Å². The van der Waals surface area contributed by atoms with Crippen LogP contribution in [0.25, 0.3) is 0 Å². The van der Waals surface area contributed by atoms with Crippen LogP contribution in [0.1, 0.15) is 11.4 Å². The van der Waals surface area contributed by atoms with E-state index in [9.17, 15) is 5.11 Å². The van der Waals surface area contributed by atoms with Crippen molar-refractivity contribution in [2.75, 3.05) is 0 Å². The minimum atomic E-state index is -1.67. The summed E-state index contributed by atoms with van der Waals surface area (Å²) in [6.45, 7) is 0. The van der Waals surface area contributed by atoms with Gasteiger partial charge in [-0.05, 0) is 42.0 Å². The van der Waals surface area contributed by atoms with Crippen molar-refractivity contribution in [1.82, 2.24) is 0 Å². The third-order valence-corrected chi connectivity index (χ3v) is 4.94. The number of aliphatic hydroxyl groups is 1. The predicted molar refractivity (Wildman–Crippen MR) is 97.5 cm³/mol. The van der Waals surface area contributed by atoms with E-state index in [4.69, 9.17) is 20.6 Å². The highest BCUT2D eigenvalue weighted by molar-refractivity contribution is 7.48. The fourth-order valence-corrected chi connectivity index (χ4v) is 3.58. The summed E-state index contributed by atoms with van der Waals surface area (Å²) in [7, 11) is -1.67. The van der Waals surface area contributed by atoms with Crippen molar-refractivity contribution in [2.45, 2.75) is 5.85 Å². The highest BCUT2D eigenvalue weighted by atomic mass is 35.5. The Hall–Kier alpha value is -2.06. The molecule has 3 rings (SSSR count). The average Bonchev–Trinajstić information content (AvgIpc) is 2.62. The molecule has 0 aliphatic heterocycles. The quantitative estimate of drug-likeness (QED) is 0.566. The first kappa shape index (κ1) is 16.8. The van der Waals surface area contributed by atoms with Gasteiger partial charge in [0.2, 0.25) is 0 Å². The second-order valence-electron chi connectivity index (χ2n) is 5.02. The molecule has 1 atom stereocenters. The van der Waals surface area contributed by atoms with Crippen molar-refractivity contribution in [3.63, 3.8) is 0 Å². The minimum Gasteiger partial charge on any atom is -0.437 e. The molecule has 0 heterocycles. The summed E-state index contributed by atoms with van der Waals surface area (Å²) in [6.07, 6.45) is 0. The average molecular weight is 359 g/mol. The summed E-state index contributed by atoms with van der Waals surface area (Å²) in [5, 5.41) is 11.3. The van der Waals surface area contributed by atoms with Crippen LogP contribution in [0.4, 0.5) is 0 Å². The Morgan fingerprint density at radius 1 is 0.750 bits per heavy atom. The second kappa shape index (κ2) is 8.16. The maximum absolute atomic E-state index is 10.7. The fourth-order valence-electron chi connectivity index (χ4n) is 2.08. The van der Waals surface area contributed by atoms with E-state index < -0.39 is 14.2 Å². The molecule has 0 bridgehead atoms. The van der Waals surface area contributed by atoms with Crippen LogP contribution >= 0.6 is 20.0 Å². The number of aliphatic hydroxyl groups excluding tert-OH is 1. The summed E-state index contributed by atoms with van der Waals surface area (Å²) >= 11 is 6.03. The Morgan fingerprint density at radius 3 is 1.79 bits per heavy atom. The molecule has 0 fully saturated rings. The molecule has 0 saturated carbocycles. The summed E-state index contributed by atoms with van der Waals surface area (Å²) in [5.74, 6) is 0.348. The topological polar surface area (TPSA) is 38.7 Å². The molecule has 0 radical (unpaired) electrons. The SMILES string of the molecule is OC(c1cccc(Cl)c1)P(Oc1ccccc1)Oc1ccccc1. The lowest BCUT2D eigenvalue weighted by atomic mass is 10.2. The van der Waals surface area contributed by atoms with Crippen molar-refractivity contribution >= 4 is 20.0 Å². The number of para-hydroxylation sites is 2. The van der Waals surface area contributed by atoms with Gasteiger partial charge in [-0.1, -0.05) is 60.1 Å². The molecule has 0 aliphatic rings. The predicted octanol–water partition coefficient (Wildman–Crippen LogP) is 5.80. The van der Waals surface area contributed by atoms with E-state index in [1.165, 1.54) is 0 Å². The minimum absolute atomic E-state index is 0.556. The van der Waals surface area contributed by atoms with Crippen LogP contribution in [-0.2, 0) is 0 Å². The van der Waals surface area contributed by atoms with Crippen molar-refractivity contribution in [3.05, 3.63) is 95.5 Å². The van der Waals surface area contributed by atoms with Crippen LogP contribution in [0, 0.1) is 0 Å². The van der Waals surface area contributed by atoms with E-state index in [0.717, 1.165) is 0 Å². The Morgan fingerprint density at radius 2 is 1.29 bits per heavy atom. The smallest absolute Gasteiger partial charge is 0.326 e. The van der Waals surface area contributed by atoms with Crippen LogP contribution in [0.5, 0.6) is 11.5 Å². The first-order valence-electron chi connectivity index (χ1n) is 7.41. The summed E-state index contributed by atoms with van der Waals surface area (Å²) in [5.41, 5.74) is 0.653. The Labute approximate surface area is 147 Å². The van der Waals surface area contributed by atoms with Crippen molar-refractivity contribution in [2.24, 2.45) is 0 Å². The number of benzene rings is 3. The second-order valence-corrected chi connectivity index (χ2v) is 6.88. The van der Waals surface area contributed by atoms with E-state index in [0.29, 0.717) is 22.1 Å². The standard InChI is InChI=1S/C19H16ClO3P/c20-16-9-7-8-15(14-16)19(21)24(22-17-10-3-1-4-11-17)23-18-12-5-2-6-13-18/h1-14,19,21H. The lowest BCUT2D eigenvalue weighted by Crippen LogP contribution is -2.05.